The summed E-state index contributed by atoms with van der Waals surface area (Å²) in [6.45, 7) is 7.59. The molecular formula is C13H13ClN2O. The van der Waals surface area contributed by atoms with E-state index in [2.05, 4.69) is 10.2 Å². The van der Waals surface area contributed by atoms with Gasteiger partial charge in [-0.15, -0.1) is 0 Å². The van der Waals surface area contributed by atoms with Crippen molar-refractivity contribution in [2.45, 2.75) is 18.4 Å². The molecule has 0 amide bonds. The minimum absolute atomic E-state index is 0.0174. The lowest BCUT2D eigenvalue weighted by molar-refractivity contribution is 0.0986. The van der Waals surface area contributed by atoms with E-state index in [1.165, 1.54) is 0 Å². The zero-order valence-corrected chi connectivity index (χ0v) is 10.1. The number of rotatable bonds is 5. The van der Waals surface area contributed by atoms with E-state index in [0.717, 1.165) is 12.8 Å². The second kappa shape index (κ2) is 4.87. The van der Waals surface area contributed by atoms with Gasteiger partial charge in [0.1, 0.15) is 0 Å². The Balaban J connectivity index is 1.92. The van der Waals surface area contributed by atoms with Gasteiger partial charge in [0.15, 0.2) is 5.78 Å². The topological polar surface area (TPSA) is 33.5 Å². The maximum atomic E-state index is 11.9. The van der Waals surface area contributed by atoms with Crippen molar-refractivity contribution >= 4 is 17.4 Å². The quantitative estimate of drug-likeness (QED) is 0.642. The Labute approximate surface area is 106 Å². The van der Waals surface area contributed by atoms with Crippen LogP contribution in [0.15, 0.2) is 24.3 Å². The summed E-state index contributed by atoms with van der Waals surface area (Å²) >= 11 is 5.83. The molecule has 1 aliphatic carbocycles. The molecule has 17 heavy (non-hydrogen) atoms. The molecule has 0 atom stereocenters. The van der Waals surface area contributed by atoms with Crippen LogP contribution in [0.25, 0.3) is 4.85 Å². The van der Waals surface area contributed by atoms with Gasteiger partial charge in [-0.2, -0.15) is 0 Å². The number of carbonyl (C=O) groups excluding carboxylic acids is 1. The highest BCUT2D eigenvalue weighted by Gasteiger charge is 2.45. The monoisotopic (exact) mass is 248 g/mol. The zero-order valence-electron chi connectivity index (χ0n) is 9.37. The number of hydrogen-bond donors (Lipinski definition) is 1. The van der Waals surface area contributed by atoms with Crippen molar-refractivity contribution in [1.82, 2.24) is 5.32 Å². The number of carbonyl (C=O) groups is 1. The average molecular weight is 249 g/mol. The summed E-state index contributed by atoms with van der Waals surface area (Å²) in [6.07, 6.45) is 1.97. The Hall–Kier alpha value is -1.37. The number of nitrogens with zero attached hydrogens (tertiary/aromatic N) is 1. The maximum absolute atomic E-state index is 11.9. The Bertz CT molecular complexity index is 475. The van der Waals surface area contributed by atoms with E-state index in [9.17, 15) is 4.79 Å². The molecule has 4 heteroatoms. The van der Waals surface area contributed by atoms with Gasteiger partial charge in [-0.1, -0.05) is 23.7 Å². The molecule has 1 N–H and O–H groups in total. The number of nitrogens with one attached hydrogen (secondary N) is 1. The van der Waals surface area contributed by atoms with Gasteiger partial charge in [-0.25, -0.2) is 6.57 Å². The lowest BCUT2D eigenvalue weighted by atomic mass is 10.1. The van der Waals surface area contributed by atoms with E-state index in [4.69, 9.17) is 18.2 Å². The molecule has 0 heterocycles. The average Bonchev–Trinajstić information content (AvgIpc) is 3.07. The molecule has 0 unspecified atom stereocenters. The third-order valence-corrected chi connectivity index (χ3v) is 3.24. The molecule has 3 nitrogen and oxygen atoms in total. The zero-order chi connectivity index (χ0) is 12.3. The third kappa shape index (κ3) is 3.06. The van der Waals surface area contributed by atoms with Crippen molar-refractivity contribution in [2.24, 2.45) is 0 Å². The molecule has 1 aliphatic rings. The van der Waals surface area contributed by atoms with Gasteiger partial charge in [0.05, 0.1) is 12.1 Å². The molecule has 0 aliphatic heterocycles. The molecule has 1 aromatic carbocycles. The van der Waals surface area contributed by atoms with Crippen LogP contribution < -0.4 is 5.32 Å². The first kappa shape index (κ1) is 12.1. The highest BCUT2D eigenvalue weighted by Crippen LogP contribution is 2.35. The van der Waals surface area contributed by atoms with Crippen molar-refractivity contribution in [3.05, 3.63) is 46.3 Å². The van der Waals surface area contributed by atoms with Crippen LogP contribution in [0.2, 0.25) is 5.02 Å². The molecule has 1 aromatic rings. The van der Waals surface area contributed by atoms with E-state index in [1.807, 2.05) is 0 Å². The summed E-state index contributed by atoms with van der Waals surface area (Å²) in [5.74, 6) is 0.0174. The maximum Gasteiger partial charge on any atom is 0.232 e. The molecule has 0 aromatic heterocycles. The number of ketones is 1. The van der Waals surface area contributed by atoms with Crippen molar-refractivity contribution in [2.75, 3.05) is 13.1 Å². The largest absolute Gasteiger partial charge is 0.315 e. The Kier molecular flexibility index (Phi) is 3.46. The molecule has 0 bridgehead atoms. The van der Waals surface area contributed by atoms with Crippen LogP contribution in [-0.2, 0) is 0 Å². The summed E-state index contributed by atoms with van der Waals surface area (Å²) in [4.78, 5) is 15.3. The van der Waals surface area contributed by atoms with Crippen LogP contribution in [-0.4, -0.2) is 24.4 Å². The predicted octanol–water partition coefficient (Wildman–Crippen LogP) is 2.56. The molecule has 88 valence electrons. The van der Waals surface area contributed by atoms with Gasteiger partial charge in [0, 0.05) is 10.6 Å². The van der Waals surface area contributed by atoms with E-state index >= 15 is 0 Å². The highest BCUT2D eigenvalue weighted by molar-refractivity contribution is 6.31. The van der Waals surface area contributed by atoms with Crippen LogP contribution in [0.1, 0.15) is 23.2 Å². The van der Waals surface area contributed by atoms with Gasteiger partial charge in [-0.3, -0.25) is 10.1 Å². The molecule has 1 fully saturated rings. The first-order valence-corrected chi connectivity index (χ1v) is 5.90. The van der Waals surface area contributed by atoms with E-state index in [1.54, 1.807) is 24.3 Å². The van der Waals surface area contributed by atoms with E-state index in [-0.39, 0.29) is 17.9 Å². The van der Waals surface area contributed by atoms with Gasteiger partial charge >= 0.3 is 0 Å². The van der Waals surface area contributed by atoms with Crippen LogP contribution in [0.5, 0.6) is 0 Å². The van der Waals surface area contributed by atoms with Crippen LogP contribution in [0.4, 0.5) is 0 Å². The number of halogens is 1. The van der Waals surface area contributed by atoms with E-state index in [0.29, 0.717) is 17.1 Å². The van der Waals surface area contributed by atoms with Crippen LogP contribution in [0, 0.1) is 6.57 Å². The van der Waals surface area contributed by atoms with Gasteiger partial charge in [0.25, 0.3) is 0 Å². The second-order valence-electron chi connectivity index (χ2n) is 4.38. The van der Waals surface area contributed by atoms with Gasteiger partial charge in [0.2, 0.25) is 6.54 Å². The summed E-state index contributed by atoms with van der Waals surface area (Å²) in [5, 5.41) is 3.75. The highest BCUT2D eigenvalue weighted by atomic mass is 35.5. The summed E-state index contributed by atoms with van der Waals surface area (Å²) in [7, 11) is 0. The second-order valence-corrected chi connectivity index (χ2v) is 4.82. The fourth-order valence-corrected chi connectivity index (χ4v) is 1.92. The Morgan fingerprint density at radius 1 is 1.53 bits per heavy atom. The lowest BCUT2D eigenvalue weighted by Crippen LogP contribution is -2.37. The standard InChI is InChI=1S/C13H13ClN2O/c1-15-9-13(5-6-13)16-8-12(17)10-3-2-4-11(14)7-10/h2-4,7,16H,5-6,8-9H2. The SMILES string of the molecule is [C-]#[N+]CC1(NCC(=O)c2cccc(Cl)c2)CC1. The first-order chi connectivity index (χ1) is 8.15. The van der Waals surface area contributed by atoms with Crippen molar-refractivity contribution < 1.29 is 4.79 Å². The van der Waals surface area contributed by atoms with E-state index < -0.39 is 0 Å². The van der Waals surface area contributed by atoms with Gasteiger partial charge < -0.3 is 4.85 Å². The van der Waals surface area contributed by atoms with Crippen LogP contribution in [0.3, 0.4) is 0 Å². The first-order valence-electron chi connectivity index (χ1n) is 5.52. The molecule has 2 rings (SSSR count). The summed E-state index contributed by atoms with van der Waals surface area (Å²) in [5.41, 5.74) is 0.513. The normalized spacial score (nSPS) is 16.2. The lowest BCUT2D eigenvalue weighted by Gasteiger charge is -2.10. The minimum Gasteiger partial charge on any atom is -0.315 e. The number of hydrogen-bond acceptors (Lipinski definition) is 2. The van der Waals surface area contributed by atoms with Crippen molar-refractivity contribution in [3.8, 4) is 0 Å². The number of benzene rings is 1. The summed E-state index contributed by atoms with van der Waals surface area (Å²) in [6, 6.07) is 6.93. The fourth-order valence-electron chi connectivity index (χ4n) is 1.72. The van der Waals surface area contributed by atoms with Crippen molar-refractivity contribution in [1.29, 1.82) is 0 Å². The Morgan fingerprint density at radius 2 is 2.29 bits per heavy atom. The predicted molar refractivity (Wildman–Crippen MR) is 67.2 cm³/mol. The smallest absolute Gasteiger partial charge is 0.232 e. The Morgan fingerprint density at radius 3 is 2.88 bits per heavy atom. The molecule has 0 saturated heterocycles. The molecule has 0 spiro atoms. The molecule has 0 radical (unpaired) electrons. The van der Waals surface area contributed by atoms with Crippen molar-refractivity contribution in [3.63, 3.8) is 0 Å². The van der Waals surface area contributed by atoms with Crippen LogP contribution >= 0.6 is 11.6 Å². The fraction of sp³-hybridized carbons (Fsp3) is 0.385. The molecule has 1 saturated carbocycles. The third-order valence-electron chi connectivity index (χ3n) is 3.01. The van der Waals surface area contributed by atoms with Gasteiger partial charge in [-0.05, 0) is 25.0 Å². The minimum atomic E-state index is -0.101. The number of Topliss-reactive ketones (excluding diaryl/α,β-unsaturated/α-hetero) is 1. The molecular weight excluding hydrogens is 236 g/mol. The summed E-state index contributed by atoms with van der Waals surface area (Å²) < 4.78 is 0.